The molecule has 0 amide bonds. The minimum Gasteiger partial charge on any atom is -1.00 e. The van der Waals surface area contributed by atoms with E-state index in [1.54, 1.807) is 28.4 Å². The van der Waals surface area contributed by atoms with Crippen LogP contribution in [0.25, 0.3) is 44.5 Å². The summed E-state index contributed by atoms with van der Waals surface area (Å²) in [7, 11) is 6.81. The van der Waals surface area contributed by atoms with Crippen molar-refractivity contribution in [3.8, 4) is 67.5 Å². The second kappa shape index (κ2) is 19.9. The van der Waals surface area contributed by atoms with Crippen LogP contribution in [0.4, 0.5) is 11.4 Å². The molecule has 0 N–H and O–H groups in total. The van der Waals surface area contributed by atoms with Crippen molar-refractivity contribution >= 4 is 11.4 Å². The second-order valence-corrected chi connectivity index (χ2v) is 15.1. The largest absolute Gasteiger partial charge is 1.00 e. The predicted octanol–water partition coefficient (Wildman–Crippen LogP) is 9.47. The van der Waals surface area contributed by atoms with E-state index in [9.17, 15) is 0 Å². The first-order valence-corrected chi connectivity index (χ1v) is 21.4. The first-order valence-electron chi connectivity index (χ1n) is 19.8. The molecular weight excluding hydrogens is 846 g/mol. The molecule has 2 aliphatic rings. The third kappa shape index (κ3) is 9.76. The predicted molar refractivity (Wildman–Crippen MR) is 239 cm³/mol. The number of rotatable bonds is 10. The summed E-state index contributed by atoms with van der Waals surface area (Å²) < 4.78 is 21.4. The fourth-order valence-electron chi connectivity index (χ4n) is 7.90. The summed E-state index contributed by atoms with van der Waals surface area (Å²) in [6.45, 7) is 13.5. The van der Waals surface area contributed by atoms with Crippen molar-refractivity contribution in [3.63, 3.8) is 0 Å². The third-order valence-electron chi connectivity index (χ3n) is 11.6. The van der Waals surface area contributed by atoms with Crippen molar-refractivity contribution in [1.29, 1.82) is 0 Å². The van der Waals surface area contributed by atoms with E-state index in [-0.39, 0.29) is 12.4 Å². The molecule has 2 aliphatic heterocycles. The number of benzene rings is 6. The summed E-state index contributed by atoms with van der Waals surface area (Å²) in [5, 5.41) is 1.85. The van der Waals surface area contributed by atoms with Gasteiger partial charge in [-0.1, -0.05) is 48.5 Å². The van der Waals surface area contributed by atoms with Gasteiger partial charge >= 0.3 is 24.6 Å². The summed E-state index contributed by atoms with van der Waals surface area (Å²) in [6, 6.07) is 44.8. The van der Waals surface area contributed by atoms with E-state index in [2.05, 4.69) is 143 Å². The van der Waals surface area contributed by atoms with Crippen LogP contribution in [-0.4, -0.2) is 52.6 Å². The van der Waals surface area contributed by atoms with Crippen molar-refractivity contribution < 1.29 is 50.6 Å². The summed E-state index contributed by atoms with van der Waals surface area (Å²) in [4.78, 5) is 5.02. The molecule has 8 rings (SSSR count). The Morgan fingerprint density at radius 1 is 0.373 bits per heavy atom. The zero-order valence-corrected chi connectivity index (χ0v) is 38.4. The van der Waals surface area contributed by atoms with Crippen molar-refractivity contribution in [2.75, 3.05) is 38.2 Å². The zero-order valence-electron chi connectivity index (χ0n) is 36.1. The van der Waals surface area contributed by atoms with Gasteiger partial charge in [-0.05, 0) is 148 Å². The number of halogens is 1. The van der Waals surface area contributed by atoms with Gasteiger partial charge in [-0.15, -0.1) is 0 Å². The van der Waals surface area contributed by atoms with Crippen LogP contribution in [0.3, 0.4) is 0 Å². The number of methoxy groups -OCH3 is 4. The Bertz CT molecular complexity index is 1980. The average molecular weight is 904 g/mol. The minimum atomic E-state index is 0. The standard InChI is InChI=1S/2C25H27NO2.CH3.ClH.Pd/c2*1-16-14-23(19-6-10-21(27-4)11-7-19)25(26-17(2)18(26)3)24(15-16)20-8-12-22(28-5)13-9-20;;;/h2*6-15,17-18H,1-5H3;1H3;1H;/q;;;;+1/p-1. The van der Waals surface area contributed by atoms with Crippen LogP contribution in [0.15, 0.2) is 121 Å². The van der Waals surface area contributed by atoms with Gasteiger partial charge in [0.2, 0.25) is 0 Å². The molecule has 8 heteroatoms. The number of anilines is 2. The van der Waals surface area contributed by atoms with Gasteiger partial charge in [0.25, 0.3) is 0 Å². The van der Waals surface area contributed by atoms with Crippen LogP contribution in [0.5, 0.6) is 23.0 Å². The Hall–Kier alpha value is -4.93. The molecule has 0 saturated carbocycles. The molecule has 0 aromatic heterocycles. The van der Waals surface area contributed by atoms with Crippen LogP contribution in [0, 0.1) is 13.8 Å². The maximum atomic E-state index is 5.35. The second-order valence-electron chi connectivity index (χ2n) is 15.1. The molecule has 59 heavy (non-hydrogen) atoms. The van der Waals surface area contributed by atoms with E-state index in [4.69, 9.17) is 18.9 Å². The molecule has 6 aromatic rings. The van der Waals surface area contributed by atoms with Crippen LogP contribution in [0.2, 0.25) is 5.40 Å². The molecule has 0 bridgehead atoms. The first kappa shape index (κ1) is 45.2. The molecule has 2 fully saturated rings. The fourth-order valence-corrected chi connectivity index (χ4v) is 7.90. The van der Waals surface area contributed by atoms with Gasteiger partial charge in [0.05, 0.1) is 39.8 Å². The summed E-state index contributed by atoms with van der Waals surface area (Å²) in [5.74, 6) is 3.51. The Labute approximate surface area is 369 Å². The van der Waals surface area contributed by atoms with Crippen molar-refractivity contribution in [2.45, 2.75) is 71.1 Å². The molecular formula is C51H57ClN2O4Pd. The maximum absolute atomic E-state index is 5.35. The summed E-state index contributed by atoms with van der Waals surface area (Å²) >= 11 is 2.75. The van der Waals surface area contributed by atoms with Gasteiger partial charge in [-0.25, -0.2) is 0 Å². The molecule has 4 atom stereocenters. The zero-order chi connectivity index (χ0) is 41.7. The molecule has 312 valence electrons. The Morgan fingerprint density at radius 2 is 0.559 bits per heavy atom. The van der Waals surface area contributed by atoms with Crippen molar-refractivity contribution in [3.05, 3.63) is 132 Å². The minimum absolute atomic E-state index is 0. The molecule has 6 nitrogen and oxygen atoms in total. The molecule has 4 unspecified atom stereocenters. The van der Waals surface area contributed by atoms with Crippen LogP contribution in [0.1, 0.15) is 38.8 Å². The van der Waals surface area contributed by atoms with Crippen LogP contribution in [-0.2, 0) is 19.2 Å². The molecule has 2 heterocycles. The van der Waals surface area contributed by atoms with E-state index in [0.717, 1.165) is 23.0 Å². The van der Waals surface area contributed by atoms with Gasteiger partial charge in [-0.3, -0.25) is 0 Å². The topological polar surface area (TPSA) is 42.9 Å². The number of hydrogen-bond acceptors (Lipinski definition) is 6. The quantitative estimate of drug-likeness (QED) is 0.101. The third-order valence-corrected chi connectivity index (χ3v) is 11.6. The molecule has 6 aromatic carbocycles. The first-order chi connectivity index (χ1) is 28.1. The molecule has 0 aliphatic carbocycles. The van der Waals surface area contributed by atoms with Gasteiger partial charge in [0.1, 0.15) is 23.0 Å². The molecule has 0 spiro atoms. The number of aryl methyl sites for hydroxylation is 2. The van der Waals surface area contributed by atoms with Crippen molar-refractivity contribution in [2.24, 2.45) is 0 Å². The van der Waals surface area contributed by atoms with Gasteiger partial charge < -0.3 is 41.2 Å². The van der Waals surface area contributed by atoms with Gasteiger partial charge in [0, 0.05) is 46.4 Å². The van der Waals surface area contributed by atoms with Crippen LogP contribution < -0.4 is 41.2 Å². The molecule has 0 radical (unpaired) electrons. The van der Waals surface area contributed by atoms with E-state index in [0.29, 0.717) is 24.2 Å². The van der Waals surface area contributed by atoms with Crippen molar-refractivity contribution in [1.82, 2.24) is 0 Å². The Balaban J connectivity index is 0.000000212. The number of ether oxygens (including phenoxy) is 4. The Kier molecular flexibility index (Phi) is 15.2. The smallest absolute Gasteiger partial charge is 1.00 e. The SMILES string of the molecule is COc1ccc(-c2cc(C)cc(-c3ccc(OC)cc3)c2N2C(C)C2C)cc1.COc1ccc(-c2cc(C)cc(-c3ccc(OC)cc3)c2N2C(C)C2C)cc1.[CH3][Pd+].[Cl-]. The summed E-state index contributed by atoms with van der Waals surface area (Å²) in [5.41, 5.74) is 15.0. The van der Waals surface area contributed by atoms with Crippen LogP contribution >= 0.6 is 0 Å². The van der Waals surface area contributed by atoms with Gasteiger partial charge in [0.15, 0.2) is 0 Å². The summed E-state index contributed by atoms with van der Waals surface area (Å²) in [6.07, 6.45) is 0. The van der Waals surface area contributed by atoms with E-state index < -0.39 is 0 Å². The normalized spacial score (nSPS) is 17.3. The average Bonchev–Trinajstić information content (AvgIpc) is 4.09. The Morgan fingerprint density at radius 3 is 0.712 bits per heavy atom. The van der Waals surface area contributed by atoms with E-state index in [1.807, 2.05) is 53.9 Å². The van der Waals surface area contributed by atoms with E-state index >= 15 is 0 Å². The molecule has 2 saturated heterocycles. The fraction of sp³-hybridized carbons (Fsp3) is 0.294. The number of nitrogens with zero attached hydrogens (tertiary/aromatic N) is 2. The number of hydrogen-bond donors (Lipinski definition) is 0. The van der Waals surface area contributed by atoms with Gasteiger partial charge in [-0.2, -0.15) is 0 Å². The maximum Gasteiger partial charge on any atom is -1.00 e. The monoisotopic (exact) mass is 902 g/mol. The van der Waals surface area contributed by atoms with E-state index in [1.165, 1.54) is 67.0 Å².